The van der Waals surface area contributed by atoms with Crippen molar-refractivity contribution >= 4 is 5.91 Å². The third-order valence-corrected chi connectivity index (χ3v) is 7.03. The van der Waals surface area contributed by atoms with Crippen LogP contribution in [0.5, 0.6) is 5.75 Å². The van der Waals surface area contributed by atoms with Gasteiger partial charge in [-0.3, -0.25) is 19.1 Å². The molecule has 2 atom stereocenters. The zero-order valence-electron chi connectivity index (χ0n) is 21.6. The van der Waals surface area contributed by atoms with E-state index in [4.69, 9.17) is 9.47 Å². The van der Waals surface area contributed by atoms with Crippen molar-refractivity contribution in [2.75, 3.05) is 26.8 Å². The number of rotatable bonds is 6. The summed E-state index contributed by atoms with van der Waals surface area (Å²) >= 11 is 0. The van der Waals surface area contributed by atoms with Gasteiger partial charge in [-0.25, -0.2) is 0 Å². The molecule has 10 heteroatoms. The molecule has 0 bridgehead atoms. The highest BCUT2D eigenvalue weighted by atomic mass is 19.4. The van der Waals surface area contributed by atoms with Crippen molar-refractivity contribution in [3.05, 3.63) is 46.6 Å². The molecule has 0 spiro atoms. The second-order valence-corrected chi connectivity index (χ2v) is 10.7. The van der Waals surface area contributed by atoms with E-state index in [1.807, 2.05) is 29.5 Å². The van der Waals surface area contributed by atoms with E-state index in [0.717, 1.165) is 43.6 Å². The van der Waals surface area contributed by atoms with Gasteiger partial charge in [0.15, 0.2) is 5.49 Å². The van der Waals surface area contributed by atoms with E-state index in [1.54, 1.807) is 0 Å². The number of benzene rings is 1. The molecule has 0 saturated carbocycles. The maximum Gasteiger partial charge on any atom is 0.416 e. The molecule has 0 unspecified atom stereocenters. The van der Waals surface area contributed by atoms with Crippen molar-refractivity contribution in [3.63, 3.8) is 0 Å². The first-order chi connectivity index (χ1) is 16.8. The van der Waals surface area contributed by atoms with Gasteiger partial charge in [-0.2, -0.15) is 18.2 Å². The van der Waals surface area contributed by atoms with Crippen molar-refractivity contribution in [2.45, 2.75) is 70.3 Å². The van der Waals surface area contributed by atoms with Crippen LogP contribution in [0.15, 0.2) is 29.3 Å². The number of ether oxygens (including phenoxy) is 2. The minimum absolute atomic E-state index is 0.00705. The summed E-state index contributed by atoms with van der Waals surface area (Å²) in [4.78, 5) is 19.8. The first kappa shape index (κ1) is 26.5. The van der Waals surface area contributed by atoms with Crippen molar-refractivity contribution in [1.29, 1.82) is 0 Å². The number of hydrogen-bond acceptors (Lipinski definition) is 4. The van der Waals surface area contributed by atoms with Crippen molar-refractivity contribution < 1.29 is 27.4 Å². The summed E-state index contributed by atoms with van der Waals surface area (Å²) in [5.74, 6) is -0.667. The molecule has 3 heterocycles. The Morgan fingerprint density at radius 3 is 2.47 bits per heavy atom. The maximum absolute atomic E-state index is 13.5. The van der Waals surface area contributed by atoms with Gasteiger partial charge >= 0.3 is 6.18 Å². The molecule has 7 nitrogen and oxygen atoms in total. The Kier molecular flexibility index (Phi) is 7.39. The molecule has 2 aliphatic heterocycles. The molecule has 1 aromatic heterocycles. The topological polar surface area (TPSA) is 61.0 Å². The Labute approximate surface area is 209 Å². The Bertz CT molecular complexity index is 1170. The molecule has 1 amide bonds. The fourth-order valence-corrected chi connectivity index (χ4v) is 4.69. The highest BCUT2D eigenvalue weighted by Crippen LogP contribution is 2.33. The van der Waals surface area contributed by atoms with Crippen molar-refractivity contribution in [3.8, 4) is 5.75 Å². The van der Waals surface area contributed by atoms with E-state index < -0.39 is 17.6 Å². The standard InChI is InChI=1S/C26H35F3N4O3/c1-25(2,3)22-14-23(33(32(22)5)15-19-7-6-12-35-19)30-24(34)20-13-17(26(27,28)29)8-9-21(20)36-16-18-10-11-31(18)4/h8-9,13-14,18-19H,6-7,10-12,15-16H2,1-5H3/b30-23+/t18-,19+/m0/s1. The lowest BCUT2D eigenvalue weighted by Crippen LogP contribution is -2.48. The second-order valence-electron chi connectivity index (χ2n) is 10.7. The summed E-state index contributed by atoms with van der Waals surface area (Å²) in [6.45, 7) is 8.59. The third-order valence-electron chi connectivity index (χ3n) is 7.03. The van der Waals surface area contributed by atoms with Crippen LogP contribution in [0.1, 0.15) is 61.6 Å². The van der Waals surface area contributed by atoms with E-state index in [2.05, 4.69) is 30.7 Å². The molecular formula is C26H35F3N4O3. The van der Waals surface area contributed by atoms with Crippen LogP contribution in [-0.4, -0.2) is 59.1 Å². The zero-order chi connectivity index (χ0) is 26.3. The number of aromatic nitrogens is 2. The van der Waals surface area contributed by atoms with Gasteiger partial charge in [0.2, 0.25) is 0 Å². The van der Waals surface area contributed by atoms with Gasteiger partial charge in [0, 0.05) is 36.9 Å². The molecular weight excluding hydrogens is 473 g/mol. The Morgan fingerprint density at radius 1 is 1.17 bits per heavy atom. The van der Waals surface area contributed by atoms with E-state index in [1.165, 1.54) is 6.07 Å². The summed E-state index contributed by atoms with van der Waals surface area (Å²) in [5.41, 5.74) is -0.0181. The van der Waals surface area contributed by atoms with Crippen molar-refractivity contribution in [1.82, 2.24) is 14.3 Å². The number of halogens is 3. The molecule has 2 saturated heterocycles. The number of carbonyl (C=O) groups is 1. The van der Waals surface area contributed by atoms with Crippen LogP contribution in [0.25, 0.3) is 0 Å². The molecule has 0 N–H and O–H groups in total. The van der Waals surface area contributed by atoms with Gasteiger partial charge < -0.3 is 9.47 Å². The summed E-state index contributed by atoms with van der Waals surface area (Å²) < 4.78 is 55.9. The summed E-state index contributed by atoms with van der Waals surface area (Å²) in [5, 5.41) is 0. The molecule has 2 fully saturated rings. The normalized spacial score (nSPS) is 21.6. The Hall–Kier alpha value is -2.59. The largest absolute Gasteiger partial charge is 0.491 e. The minimum Gasteiger partial charge on any atom is -0.491 e. The van der Waals surface area contributed by atoms with Gasteiger partial charge in [-0.05, 0) is 51.1 Å². The monoisotopic (exact) mass is 508 g/mol. The van der Waals surface area contributed by atoms with E-state index in [0.29, 0.717) is 25.2 Å². The third kappa shape index (κ3) is 5.70. The number of likely N-dealkylation sites (N-methyl/N-ethyl adjacent to an activating group) is 1. The quantitative estimate of drug-likeness (QED) is 0.589. The number of nitrogens with zero attached hydrogens (tertiary/aromatic N) is 4. The highest BCUT2D eigenvalue weighted by Gasteiger charge is 2.33. The average molecular weight is 509 g/mol. The number of alkyl halides is 3. The number of likely N-dealkylation sites (tertiary alicyclic amines) is 1. The van der Waals surface area contributed by atoms with Crippen LogP contribution in [0.4, 0.5) is 13.2 Å². The molecule has 0 aliphatic carbocycles. The van der Waals surface area contributed by atoms with E-state index >= 15 is 0 Å². The first-order valence-electron chi connectivity index (χ1n) is 12.4. The average Bonchev–Trinajstić information content (AvgIpc) is 3.41. The predicted octanol–water partition coefficient (Wildman–Crippen LogP) is 4.15. The van der Waals surface area contributed by atoms with Crippen LogP contribution in [0.3, 0.4) is 0 Å². The molecule has 198 valence electrons. The van der Waals surface area contributed by atoms with Crippen LogP contribution in [0.2, 0.25) is 0 Å². The highest BCUT2D eigenvalue weighted by molar-refractivity contribution is 5.97. The predicted molar refractivity (Wildman–Crippen MR) is 129 cm³/mol. The summed E-state index contributed by atoms with van der Waals surface area (Å²) in [6.07, 6.45) is -1.79. The minimum atomic E-state index is -4.59. The number of hydrogen-bond donors (Lipinski definition) is 0. The van der Waals surface area contributed by atoms with Gasteiger partial charge in [-0.15, -0.1) is 0 Å². The molecule has 2 aromatic rings. The molecule has 0 radical (unpaired) electrons. The smallest absolute Gasteiger partial charge is 0.416 e. The zero-order valence-corrected chi connectivity index (χ0v) is 21.6. The van der Waals surface area contributed by atoms with Gasteiger partial charge in [0.25, 0.3) is 5.91 Å². The van der Waals surface area contributed by atoms with Gasteiger partial charge in [0.05, 0.1) is 23.8 Å². The Morgan fingerprint density at radius 2 is 1.92 bits per heavy atom. The molecule has 2 aliphatic rings. The van der Waals surface area contributed by atoms with Crippen LogP contribution < -0.4 is 10.2 Å². The second kappa shape index (κ2) is 10.0. The Balaban J connectivity index is 1.74. The van der Waals surface area contributed by atoms with Gasteiger partial charge in [0.1, 0.15) is 12.4 Å². The van der Waals surface area contributed by atoms with Crippen LogP contribution in [-0.2, 0) is 29.9 Å². The van der Waals surface area contributed by atoms with Crippen LogP contribution in [0, 0.1) is 0 Å². The number of carbonyl (C=O) groups excluding carboxylic acids is 1. The fraction of sp³-hybridized carbons (Fsp3) is 0.615. The molecule has 4 rings (SSSR count). The lowest BCUT2D eigenvalue weighted by Gasteiger charge is -2.37. The summed E-state index contributed by atoms with van der Waals surface area (Å²) in [7, 11) is 3.85. The van der Waals surface area contributed by atoms with E-state index in [-0.39, 0.29) is 28.9 Å². The van der Waals surface area contributed by atoms with Gasteiger partial charge in [-0.1, -0.05) is 20.8 Å². The molecule has 36 heavy (non-hydrogen) atoms. The summed E-state index contributed by atoms with van der Waals surface area (Å²) in [6, 6.07) is 4.99. The lowest BCUT2D eigenvalue weighted by molar-refractivity contribution is -0.137. The maximum atomic E-state index is 13.5. The molecule has 1 aromatic carbocycles. The first-order valence-corrected chi connectivity index (χ1v) is 12.4. The lowest BCUT2D eigenvalue weighted by atomic mass is 9.92. The van der Waals surface area contributed by atoms with Crippen molar-refractivity contribution in [2.24, 2.45) is 12.0 Å². The number of amides is 1. The SMILES string of the molecule is CN1CC[C@H]1COc1ccc(C(F)(F)F)cc1C(=O)/N=c1\cc(C(C)(C)C)n(C)n1C[C@H]1CCCO1. The van der Waals surface area contributed by atoms with Crippen LogP contribution >= 0.6 is 0 Å². The fourth-order valence-electron chi connectivity index (χ4n) is 4.69. The van der Waals surface area contributed by atoms with E-state index in [9.17, 15) is 18.0 Å².